The molecule has 0 radical (unpaired) electrons. The van der Waals surface area contributed by atoms with Crippen LogP contribution in [0.2, 0.25) is 0 Å². The fourth-order valence-corrected chi connectivity index (χ4v) is 2.90. The fourth-order valence-electron chi connectivity index (χ4n) is 1.69. The number of rotatable bonds is 6. The minimum Gasteiger partial charge on any atom is -0.494 e. The third-order valence-electron chi connectivity index (χ3n) is 2.68. The molecule has 0 saturated carbocycles. The van der Waals surface area contributed by atoms with Crippen LogP contribution in [0.4, 0.5) is 0 Å². The standard InChI is InChI=1S/C15H15BrN2O3S/c1-2-21-14-6-8-15(9-7-14)22(19,20)18-17-11-12-4-3-5-13(16)10-12/h3-11,18H,2H2,1H3/b17-11+. The lowest BCUT2D eigenvalue weighted by molar-refractivity contribution is 0.340. The highest BCUT2D eigenvalue weighted by molar-refractivity contribution is 9.10. The maximum Gasteiger partial charge on any atom is 0.276 e. The van der Waals surface area contributed by atoms with E-state index in [-0.39, 0.29) is 4.90 Å². The number of hydrogen-bond acceptors (Lipinski definition) is 4. The summed E-state index contributed by atoms with van der Waals surface area (Å²) < 4.78 is 30.3. The summed E-state index contributed by atoms with van der Waals surface area (Å²) >= 11 is 3.34. The Morgan fingerprint density at radius 2 is 1.95 bits per heavy atom. The zero-order valence-electron chi connectivity index (χ0n) is 11.9. The highest BCUT2D eigenvalue weighted by atomic mass is 79.9. The van der Waals surface area contributed by atoms with Crippen LogP contribution in [0.25, 0.3) is 0 Å². The summed E-state index contributed by atoms with van der Waals surface area (Å²) in [6, 6.07) is 13.5. The molecule has 0 spiro atoms. The Morgan fingerprint density at radius 1 is 1.23 bits per heavy atom. The van der Waals surface area contributed by atoms with Crippen molar-refractivity contribution in [2.45, 2.75) is 11.8 Å². The van der Waals surface area contributed by atoms with Gasteiger partial charge < -0.3 is 4.74 Å². The van der Waals surface area contributed by atoms with E-state index in [0.29, 0.717) is 12.4 Å². The van der Waals surface area contributed by atoms with Crippen molar-refractivity contribution in [1.29, 1.82) is 0 Å². The first kappa shape index (κ1) is 16.5. The second-order valence-electron chi connectivity index (χ2n) is 4.31. The van der Waals surface area contributed by atoms with Crippen molar-refractivity contribution >= 4 is 32.2 Å². The molecule has 5 nitrogen and oxygen atoms in total. The van der Waals surface area contributed by atoms with E-state index in [1.54, 1.807) is 12.1 Å². The van der Waals surface area contributed by atoms with Crippen LogP contribution in [0.3, 0.4) is 0 Å². The largest absolute Gasteiger partial charge is 0.494 e. The van der Waals surface area contributed by atoms with Gasteiger partial charge in [-0.2, -0.15) is 13.5 Å². The Labute approximate surface area is 138 Å². The number of sulfonamides is 1. The van der Waals surface area contributed by atoms with Gasteiger partial charge in [0.25, 0.3) is 10.0 Å². The van der Waals surface area contributed by atoms with E-state index in [1.165, 1.54) is 18.3 Å². The molecule has 0 fully saturated rings. The number of hydrazone groups is 1. The summed E-state index contributed by atoms with van der Waals surface area (Å²) in [5.41, 5.74) is 0.781. The first-order valence-electron chi connectivity index (χ1n) is 6.54. The number of ether oxygens (including phenoxy) is 1. The van der Waals surface area contributed by atoms with Crippen molar-refractivity contribution < 1.29 is 13.2 Å². The lowest BCUT2D eigenvalue weighted by atomic mass is 10.2. The predicted molar refractivity (Wildman–Crippen MR) is 89.7 cm³/mol. The molecule has 2 aromatic carbocycles. The van der Waals surface area contributed by atoms with Gasteiger partial charge in [-0.25, -0.2) is 4.83 Å². The molecule has 116 valence electrons. The van der Waals surface area contributed by atoms with Crippen molar-refractivity contribution in [1.82, 2.24) is 4.83 Å². The summed E-state index contributed by atoms with van der Waals surface area (Å²) in [5.74, 6) is 0.624. The molecule has 2 rings (SSSR count). The van der Waals surface area contributed by atoms with Crippen LogP contribution in [0.1, 0.15) is 12.5 Å². The Balaban J connectivity index is 2.07. The lowest BCUT2D eigenvalue weighted by Crippen LogP contribution is -2.18. The first-order chi connectivity index (χ1) is 10.5. The van der Waals surface area contributed by atoms with E-state index < -0.39 is 10.0 Å². The third kappa shape index (κ3) is 4.57. The quantitative estimate of drug-likeness (QED) is 0.616. The van der Waals surface area contributed by atoms with Gasteiger partial charge in [0.15, 0.2) is 0 Å². The third-order valence-corrected chi connectivity index (χ3v) is 4.41. The van der Waals surface area contributed by atoms with Crippen LogP contribution in [0, 0.1) is 0 Å². The van der Waals surface area contributed by atoms with E-state index in [4.69, 9.17) is 4.74 Å². The molecule has 0 bridgehead atoms. The maximum absolute atomic E-state index is 12.1. The molecule has 1 N–H and O–H groups in total. The molecule has 22 heavy (non-hydrogen) atoms. The van der Waals surface area contributed by atoms with Crippen molar-refractivity contribution in [2.24, 2.45) is 5.10 Å². The minimum absolute atomic E-state index is 0.127. The molecule has 0 aliphatic rings. The van der Waals surface area contributed by atoms with E-state index in [2.05, 4.69) is 25.9 Å². The van der Waals surface area contributed by atoms with Crippen molar-refractivity contribution in [3.05, 3.63) is 58.6 Å². The van der Waals surface area contributed by atoms with E-state index in [1.807, 2.05) is 31.2 Å². The van der Waals surface area contributed by atoms with Gasteiger partial charge in [-0.3, -0.25) is 0 Å². The van der Waals surface area contributed by atoms with E-state index >= 15 is 0 Å². The summed E-state index contributed by atoms with van der Waals surface area (Å²) in [5, 5.41) is 3.77. The molecule has 0 heterocycles. The minimum atomic E-state index is -3.69. The zero-order chi connectivity index (χ0) is 16.0. The van der Waals surface area contributed by atoms with Crippen LogP contribution in [-0.4, -0.2) is 21.2 Å². The molecule has 2 aromatic rings. The van der Waals surface area contributed by atoms with Crippen LogP contribution in [-0.2, 0) is 10.0 Å². The summed E-state index contributed by atoms with van der Waals surface area (Å²) in [7, 11) is -3.69. The van der Waals surface area contributed by atoms with Crippen LogP contribution < -0.4 is 9.57 Å². The van der Waals surface area contributed by atoms with E-state index in [9.17, 15) is 8.42 Å². The van der Waals surface area contributed by atoms with Gasteiger partial charge in [0.1, 0.15) is 5.75 Å². The Hall–Kier alpha value is -1.86. The molecular weight excluding hydrogens is 368 g/mol. The molecule has 0 aliphatic carbocycles. The smallest absolute Gasteiger partial charge is 0.276 e. The van der Waals surface area contributed by atoms with Crippen LogP contribution in [0.5, 0.6) is 5.75 Å². The summed E-state index contributed by atoms with van der Waals surface area (Å²) in [4.78, 5) is 2.31. The van der Waals surface area contributed by atoms with Crippen molar-refractivity contribution in [3.63, 3.8) is 0 Å². The highest BCUT2D eigenvalue weighted by Crippen LogP contribution is 2.16. The molecule has 7 heteroatoms. The van der Waals surface area contributed by atoms with Gasteiger partial charge in [0, 0.05) is 4.47 Å². The van der Waals surface area contributed by atoms with Crippen molar-refractivity contribution in [2.75, 3.05) is 6.61 Å². The molecule has 0 saturated heterocycles. The second-order valence-corrected chi connectivity index (χ2v) is 6.89. The summed E-state index contributed by atoms with van der Waals surface area (Å²) in [6.45, 7) is 2.39. The maximum atomic E-state index is 12.1. The Bertz CT molecular complexity index is 759. The molecule has 0 amide bonds. The first-order valence-corrected chi connectivity index (χ1v) is 8.82. The number of hydrogen-bond donors (Lipinski definition) is 1. The highest BCUT2D eigenvalue weighted by Gasteiger charge is 2.12. The number of halogens is 1. The second kappa shape index (κ2) is 7.42. The number of benzene rings is 2. The normalized spacial score (nSPS) is 11.5. The van der Waals surface area contributed by atoms with E-state index in [0.717, 1.165) is 10.0 Å². The van der Waals surface area contributed by atoms with Gasteiger partial charge in [-0.15, -0.1) is 0 Å². The topological polar surface area (TPSA) is 67.8 Å². The van der Waals surface area contributed by atoms with Gasteiger partial charge in [-0.05, 0) is 48.9 Å². The predicted octanol–water partition coefficient (Wildman–Crippen LogP) is 3.16. The molecule has 0 unspecified atom stereocenters. The average molecular weight is 383 g/mol. The molecule has 0 aromatic heterocycles. The van der Waals surface area contributed by atoms with Crippen LogP contribution in [0.15, 0.2) is 63.0 Å². The SMILES string of the molecule is CCOc1ccc(S(=O)(=O)N/N=C/c2cccc(Br)c2)cc1. The Kier molecular flexibility index (Phi) is 5.57. The van der Waals surface area contributed by atoms with Gasteiger partial charge >= 0.3 is 0 Å². The van der Waals surface area contributed by atoms with Crippen LogP contribution >= 0.6 is 15.9 Å². The molecular formula is C15H15BrN2O3S. The van der Waals surface area contributed by atoms with Gasteiger partial charge in [-0.1, -0.05) is 28.1 Å². The molecule has 0 aliphatic heterocycles. The van der Waals surface area contributed by atoms with Crippen molar-refractivity contribution in [3.8, 4) is 5.75 Å². The Morgan fingerprint density at radius 3 is 2.59 bits per heavy atom. The fraction of sp³-hybridized carbons (Fsp3) is 0.133. The van der Waals surface area contributed by atoms with Gasteiger partial charge in [0.05, 0.1) is 17.7 Å². The monoisotopic (exact) mass is 382 g/mol. The average Bonchev–Trinajstić information content (AvgIpc) is 2.48. The lowest BCUT2D eigenvalue weighted by Gasteiger charge is -2.05. The number of nitrogens with zero attached hydrogens (tertiary/aromatic N) is 1. The number of nitrogens with one attached hydrogen (secondary N) is 1. The zero-order valence-corrected chi connectivity index (χ0v) is 14.3. The van der Waals surface area contributed by atoms with Gasteiger partial charge in [0.2, 0.25) is 0 Å². The summed E-state index contributed by atoms with van der Waals surface area (Å²) in [6.07, 6.45) is 1.44. The molecule has 0 atom stereocenters.